The monoisotopic (exact) mass is 257 g/mol. The Morgan fingerprint density at radius 2 is 1.78 bits per heavy atom. The molecule has 1 heterocycles. The molecule has 5 heteroatoms. The summed E-state index contributed by atoms with van der Waals surface area (Å²) >= 11 is 5.19. The van der Waals surface area contributed by atoms with Gasteiger partial charge in [0.1, 0.15) is 11.6 Å². The number of nitriles is 1. The lowest BCUT2D eigenvalue weighted by Crippen LogP contribution is -2.25. The molecule has 0 N–H and O–H groups in total. The van der Waals surface area contributed by atoms with Gasteiger partial charge in [0.15, 0.2) is 4.77 Å². The van der Waals surface area contributed by atoms with E-state index in [1.54, 1.807) is 18.7 Å². The number of nitrogens with zero attached hydrogens (tertiary/aromatic N) is 3. The van der Waals surface area contributed by atoms with Gasteiger partial charge in [0.05, 0.1) is 5.69 Å². The van der Waals surface area contributed by atoms with E-state index < -0.39 is 0 Å². The van der Waals surface area contributed by atoms with Gasteiger partial charge in [-0.1, -0.05) is 30.3 Å². The zero-order valence-corrected chi connectivity index (χ0v) is 10.9. The van der Waals surface area contributed by atoms with E-state index >= 15 is 0 Å². The van der Waals surface area contributed by atoms with Crippen LogP contribution in [0.15, 0.2) is 35.1 Å². The van der Waals surface area contributed by atoms with E-state index in [1.165, 1.54) is 4.57 Å². The van der Waals surface area contributed by atoms with Crippen molar-refractivity contribution in [2.24, 2.45) is 14.1 Å². The van der Waals surface area contributed by atoms with Gasteiger partial charge >= 0.3 is 0 Å². The predicted octanol–water partition coefficient (Wildman–Crippen LogP) is 1.99. The molecule has 2 rings (SSSR count). The molecule has 0 amide bonds. The van der Waals surface area contributed by atoms with E-state index in [-0.39, 0.29) is 11.1 Å². The molecule has 1 aromatic heterocycles. The van der Waals surface area contributed by atoms with Crippen LogP contribution in [0.25, 0.3) is 11.3 Å². The maximum Gasteiger partial charge on any atom is 0.272 e. The Kier molecular flexibility index (Phi) is 3.13. The summed E-state index contributed by atoms with van der Waals surface area (Å²) in [6.45, 7) is 0. The van der Waals surface area contributed by atoms with Crippen LogP contribution in [0.1, 0.15) is 5.56 Å². The Morgan fingerprint density at radius 1 is 1.17 bits per heavy atom. The zero-order chi connectivity index (χ0) is 13.3. The fourth-order valence-corrected chi connectivity index (χ4v) is 2.05. The summed E-state index contributed by atoms with van der Waals surface area (Å²) in [7, 11) is 3.32. The SMILES string of the molecule is Cn1c(-c2ccccc2)c(C#N)c(=O)n(C)c1=S. The van der Waals surface area contributed by atoms with Crippen LogP contribution < -0.4 is 5.56 Å². The highest BCUT2D eigenvalue weighted by Crippen LogP contribution is 2.20. The minimum absolute atomic E-state index is 0.111. The van der Waals surface area contributed by atoms with Gasteiger partial charge in [-0.25, -0.2) is 0 Å². The molecule has 0 fully saturated rings. The Labute approximate surface area is 109 Å². The molecule has 4 nitrogen and oxygen atoms in total. The molecule has 2 aromatic rings. The fraction of sp³-hybridized carbons (Fsp3) is 0.154. The van der Waals surface area contributed by atoms with E-state index in [1.807, 2.05) is 36.4 Å². The molecule has 0 aliphatic rings. The Morgan fingerprint density at radius 3 is 2.33 bits per heavy atom. The molecule has 0 aliphatic heterocycles. The highest BCUT2D eigenvalue weighted by atomic mass is 32.1. The smallest absolute Gasteiger partial charge is 0.272 e. The summed E-state index contributed by atoms with van der Waals surface area (Å²) in [5, 5.41) is 9.19. The Hall–Kier alpha value is -2.19. The summed E-state index contributed by atoms with van der Waals surface area (Å²) in [6.07, 6.45) is 0. The number of rotatable bonds is 1. The van der Waals surface area contributed by atoms with E-state index in [9.17, 15) is 10.1 Å². The lowest BCUT2D eigenvalue weighted by Gasteiger charge is -2.13. The van der Waals surface area contributed by atoms with Crippen LogP contribution in [0.5, 0.6) is 0 Å². The van der Waals surface area contributed by atoms with Gasteiger partial charge in [0, 0.05) is 14.1 Å². The fourth-order valence-electron chi connectivity index (χ4n) is 1.88. The molecule has 0 atom stereocenters. The third kappa shape index (κ3) is 1.77. The largest absolute Gasteiger partial charge is 0.320 e. The molecule has 0 unspecified atom stereocenters. The molecule has 1 aromatic carbocycles. The second-order valence-electron chi connectivity index (χ2n) is 3.91. The molecule has 18 heavy (non-hydrogen) atoms. The highest BCUT2D eigenvalue weighted by Gasteiger charge is 2.14. The van der Waals surface area contributed by atoms with Gasteiger partial charge < -0.3 is 4.57 Å². The van der Waals surface area contributed by atoms with E-state index in [0.29, 0.717) is 10.5 Å². The van der Waals surface area contributed by atoms with Crippen LogP contribution in [0.3, 0.4) is 0 Å². The van der Waals surface area contributed by atoms with E-state index in [2.05, 4.69) is 0 Å². The van der Waals surface area contributed by atoms with Crippen molar-refractivity contribution in [3.05, 3.63) is 51.0 Å². The van der Waals surface area contributed by atoms with Crippen LogP contribution in [0.2, 0.25) is 0 Å². The van der Waals surface area contributed by atoms with Crippen molar-refractivity contribution in [1.82, 2.24) is 9.13 Å². The van der Waals surface area contributed by atoms with Crippen molar-refractivity contribution in [3.63, 3.8) is 0 Å². The summed E-state index contributed by atoms with van der Waals surface area (Å²) < 4.78 is 3.38. The van der Waals surface area contributed by atoms with Crippen molar-refractivity contribution < 1.29 is 0 Å². The third-order valence-corrected chi connectivity index (χ3v) is 3.37. The van der Waals surface area contributed by atoms with Crippen molar-refractivity contribution in [2.45, 2.75) is 0 Å². The van der Waals surface area contributed by atoms with Crippen LogP contribution >= 0.6 is 12.2 Å². The van der Waals surface area contributed by atoms with Gasteiger partial charge in [0.2, 0.25) is 0 Å². The normalized spacial score (nSPS) is 10.1. The molecule has 0 aliphatic carbocycles. The Balaban J connectivity index is 2.97. The molecule has 0 radical (unpaired) electrons. The number of aromatic nitrogens is 2. The molecular weight excluding hydrogens is 246 g/mol. The molecule has 0 spiro atoms. The molecule has 0 bridgehead atoms. The van der Waals surface area contributed by atoms with Gasteiger partial charge in [0.25, 0.3) is 5.56 Å². The standard InChI is InChI=1S/C13H11N3OS/c1-15-11(9-6-4-3-5-7-9)10(8-14)12(17)16(2)13(15)18/h3-7H,1-2H3. The minimum atomic E-state index is -0.362. The van der Waals surface area contributed by atoms with Crippen LogP contribution in [-0.2, 0) is 14.1 Å². The number of benzene rings is 1. The average molecular weight is 257 g/mol. The molecule has 0 saturated heterocycles. The maximum absolute atomic E-state index is 12.0. The minimum Gasteiger partial charge on any atom is -0.320 e. The second-order valence-corrected chi connectivity index (χ2v) is 4.27. The van der Waals surface area contributed by atoms with Crippen molar-refractivity contribution in [3.8, 4) is 17.3 Å². The first-order valence-electron chi connectivity index (χ1n) is 5.33. The number of hydrogen-bond donors (Lipinski definition) is 0. The highest BCUT2D eigenvalue weighted by molar-refractivity contribution is 7.71. The van der Waals surface area contributed by atoms with Crippen LogP contribution in [0.4, 0.5) is 0 Å². The maximum atomic E-state index is 12.0. The first kappa shape index (κ1) is 12.3. The van der Waals surface area contributed by atoms with Gasteiger partial charge in [-0.2, -0.15) is 5.26 Å². The first-order chi connectivity index (χ1) is 8.57. The zero-order valence-electron chi connectivity index (χ0n) is 10.0. The van der Waals surface area contributed by atoms with Gasteiger partial charge in [-0.05, 0) is 17.8 Å². The molecule has 90 valence electrons. The van der Waals surface area contributed by atoms with Gasteiger partial charge in [-0.15, -0.1) is 0 Å². The molecular formula is C13H11N3OS. The van der Waals surface area contributed by atoms with Crippen molar-refractivity contribution in [1.29, 1.82) is 5.26 Å². The van der Waals surface area contributed by atoms with Crippen molar-refractivity contribution >= 4 is 12.2 Å². The van der Waals surface area contributed by atoms with E-state index in [4.69, 9.17) is 12.2 Å². The average Bonchev–Trinajstić information content (AvgIpc) is 2.41. The van der Waals surface area contributed by atoms with Crippen LogP contribution in [0, 0.1) is 16.1 Å². The molecule has 0 saturated carbocycles. The lowest BCUT2D eigenvalue weighted by molar-refractivity contribution is 0.720. The second kappa shape index (κ2) is 4.59. The summed E-state index contributed by atoms with van der Waals surface area (Å²) in [5.41, 5.74) is 1.12. The van der Waals surface area contributed by atoms with Crippen molar-refractivity contribution in [2.75, 3.05) is 0 Å². The van der Waals surface area contributed by atoms with Gasteiger partial charge in [-0.3, -0.25) is 9.36 Å². The lowest BCUT2D eigenvalue weighted by atomic mass is 10.1. The quantitative estimate of drug-likeness (QED) is 0.734. The third-order valence-electron chi connectivity index (χ3n) is 2.82. The predicted molar refractivity (Wildman–Crippen MR) is 71.6 cm³/mol. The number of hydrogen-bond acceptors (Lipinski definition) is 3. The van der Waals surface area contributed by atoms with Crippen LogP contribution in [-0.4, -0.2) is 9.13 Å². The topological polar surface area (TPSA) is 50.7 Å². The summed E-state index contributed by atoms with van der Waals surface area (Å²) in [5.74, 6) is 0. The Bertz CT molecular complexity index is 751. The first-order valence-corrected chi connectivity index (χ1v) is 5.74. The van der Waals surface area contributed by atoms with E-state index in [0.717, 1.165) is 5.56 Å². The summed E-state index contributed by atoms with van der Waals surface area (Å²) in [4.78, 5) is 12.0. The summed E-state index contributed by atoms with van der Waals surface area (Å²) in [6, 6.07) is 11.3.